The van der Waals surface area contributed by atoms with Gasteiger partial charge in [0.25, 0.3) is 0 Å². The van der Waals surface area contributed by atoms with Gasteiger partial charge in [-0.25, -0.2) is 0 Å². The molecule has 1 amide bonds. The molecule has 5 nitrogen and oxygen atoms in total. The van der Waals surface area contributed by atoms with Crippen molar-refractivity contribution in [1.29, 1.82) is 0 Å². The van der Waals surface area contributed by atoms with E-state index in [9.17, 15) is 9.59 Å². The fourth-order valence-corrected chi connectivity index (χ4v) is 5.10. The molecule has 140 valence electrons. The number of benzene rings is 1. The molecule has 26 heavy (non-hydrogen) atoms. The summed E-state index contributed by atoms with van der Waals surface area (Å²) in [7, 11) is 0. The van der Waals surface area contributed by atoms with Crippen molar-refractivity contribution in [3.63, 3.8) is 0 Å². The molecule has 2 aromatic rings. The van der Waals surface area contributed by atoms with Crippen molar-refractivity contribution in [3.05, 3.63) is 29.8 Å². The van der Waals surface area contributed by atoms with Gasteiger partial charge in [0.1, 0.15) is 0 Å². The zero-order chi connectivity index (χ0) is 19.1. The summed E-state index contributed by atoms with van der Waals surface area (Å²) in [6.45, 7) is 7.68. The fourth-order valence-electron chi connectivity index (χ4n) is 1.94. The second kappa shape index (κ2) is 10.1. The molecule has 1 N–H and O–H groups in total. The smallest absolute Gasteiger partial charge is 0.226 e. The van der Waals surface area contributed by atoms with E-state index in [1.54, 1.807) is 36.0 Å². The molecule has 0 saturated heterocycles. The number of hydrogen-bond donors (Lipinski definition) is 1. The predicted octanol–water partition coefficient (Wildman–Crippen LogP) is 5.00. The molecule has 0 fully saturated rings. The molecule has 0 aliphatic carbocycles. The second-order valence-corrected chi connectivity index (χ2v) is 9.94. The highest BCUT2D eigenvalue weighted by molar-refractivity contribution is 8.03. The van der Waals surface area contributed by atoms with Crippen LogP contribution in [0, 0.1) is 5.92 Å². The summed E-state index contributed by atoms with van der Waals surface area (Å²) in [4.78, 5) is 24.3. The highest BCUT2D eigenvalue weighted by atomic mass is 32.2. The number of Topliss-reactive ketones (excluding diaryl/α,β-unsaturated/α-hetero) is 1. The van der Waals surface area contributed by atoms with Gasteiger partial charge < -0.3 is 5.32 Å². The van der Waals surface area contributed by atoms with Gasteiger partial charge in [-0.1, -0.05) is 55.6 Å². The van der Waals surface area contributed by atoms with Crippen molar-refractivity contribution >= 4 is 52.2 Å². The first kappa shape index (κ1) is 20.9. The van der Waals surface area contributed by atoms with Gasteiger partial charge in [0, 0.05) is 22.9 Å². The average molecular weight is 410 g/mol. The van der Waals surface area contributed by atoms with Crippen molar-refractivity contribution in [3.8, 4) is 0 Å². The molecule has 0 aliphatic heterocycles. The Labute approximate surface area is 166 Å². The van der Waals surface area contributed by atoms with Crippen LogP contribution in [0.3, 0.4) is 0 Å². The molecule has 8 heteroatoms. The normalized spacial score (nSPS) is 12.2. The number of hydrogen-bond acceptors (Lipinski definition) is 7. The molecule has 1 aromatic carbocycles. The lowest BCUT2D eigenvalue weighted by Gasteiger charge is -2.10. The molecule has 1 aromatic heterocycles. The first-order valence-electron chi connectivity index (χ1n) is 8.48. The Kier molecular flexibility index (Phi) is 8.12. The monoisotopic (exact) mass is 409 g/mol. The van der Waals surface area contributed by atoms with Crippen molar-refractivity contribution < 1.29 is 9.59 Å². The van der Waals surface area contributed by atoms with Gasteiger partial charge in [-0.2, -0.15) is 0 Å². The van der Waals surface area contributed by atoms with Gasteiger partial charge in [0.2, 0.25) is 5.91 Å². The van der Waals surface area contributed by atoms with Crippen LogP contribution in [-0.2, 0) is 4.79 Å². The largest absolute Gasteiger partial charge is 0.326 e. The summed E-state index contributed by atoms with van der Waals surface area (Å²) in [6.07, 6.45) is 1.09. The van der Waals surface area contributed by atoms with Crippen molar-refractivity contribution in [2.75, 3.05) is 11.1 Å². The molecule has 2 rings (SSSR count). The van der Waals surface area contributed by atoms with Crippen LogP contribution in [0.2, 0.25) is 0 Å². The number of ketones is 1. The van der Waals surface area contributed by atoms with Crippen LogP contribution in [0.5, 0.6) is 0 Å². The van der Waals surface area contributed by atoms with Crippen LogP contribution in [0.4, 0.5) is 5.69 Å². The number of carbonyl (C=O) groups is 2. The second-order valence-electron chi connectivity index (χ2n) is 6.03. The lowest BCUT2D eigenvalue weighted by Crippen LogP contribution is -2.18. The summed E-state index contributed by atoms with van der Waals surface area (Å²) in [5, 5.41) is 10.9. The number of carbonyl (C=O) groups excluding carboxylic acids is 2. The summed E-state index contributed by atoms with van der Waals surface area (Å²) in [5.74, 6) is 0.934. The molecular formula is C18H23N3O2S3. The Bertz CT molecular complexity index is 744. The minimum Gasteiger partial charge on any atom is -0.326 e. The third-order valence-electron chi connectivity index (χ3n) is 3.43. The molecule has 0 aliphatic rings. The Balaban J connectivity index is 1.95. The van der Waals surface area contributed by atoms with E-state index in [-0.39, 0.29) is 22.9 Å². The van der Waals surface area contributed by atoms with E-state index in [1.807, 2.05) is 20.8 Å². The van der Waals surface area contributed by atoms with Gasteiger partial charge >= 0.3 is 0 Å². The Morgan fingerprint density at radius 1 is 1.12 bits per heavy atom. The van der Waals surface area contributed by atoms with Gasteiger partial charge in [-0.05, 0) is 37.6 Å². The number of nitrogens with zero attached hydrogens (tertiary/aromatic N) is 2. The lowest BCUT2D eigenvalue weighted by molar-refractivity contribution is -0.118. The average Bonchev–Trinajstić information content (AvgIpc) is 3.07. The molecule has 0 saturated carbocycles. The standard InChI is InChI=1S/C18H23N3O2S3/c1-5-10-24-17-20-21-18(26-17)25-12(4)15(22)13-6-8-14(9-7-13)19-16(23)11(2)3/h6-9,11-12H,5,10H2,1-4H3,(H,19,23)/t12-/m0/s1. The molecule has 0 bridgehead atoms. The minimum absolute atomic E-state index is 0.0368. The molecule has 1 heterocycles. The summed E-state index contributed by atoms with van der Waals surface area (Å²) in [5.41, 5.74) is 1.32. The number of aromatic nitrogens is 2. The third kappa shape index (κ3) is 6.10. The Morgan fingerprint density at radius 2 is 1.77 bits per heavy atom. The van der Waals surface area contributed by atoms with E-state index < -0.39 is 0 Å². The maximum atomic E-state index is 12.6. The lowest BCUT2D eigenvalue weighted by atomic mass is 10.1. The van der Waals surface area contributed by atoms with Gasteiger partial charge in [-0.3, -0.25) is 9.59 Å². The third-order valence-corrected chi connectivity index (χ3v) is 6.87. The highest BCUT2D eigenvalue weighted by Gasteiger charge is 2.19. The topological polar surface area (TPSA) is 72.0 Å². The zero-order valence-corrected chi connectivity index (χ0v) is 17.8. The number of amides is 1. The number of anilines is 1. The summed E-state index contributed by atoms with van der Waals surface area (Å²) in [6, 6.07) is 7.01. The quantitative estimate of drug-likeness (QED) is 0.464. The molecule has 1 atom stereocenters. The maximum Gasteiger partial charge on any atom is 0.226 e. The van der Waals surface area contributed by atoms with Crippen LogP contribution in [0.1, 0.15) is 44.5 Å². The summed E-state index contributed by atoms with van der Waals surface area (Å²) < 4.78 is 1.75. The van der Waals surface area contributed by atoms with Crippen LogP contribution in [0.15, 0.2) is 32.9 Å². The Hall–Kier alpha value is -1.38. The molecular weight excluding hydrogens is 386 g/mol. The van der Waals surface area contributed by atoms with Crippen molar-refractivity contribution in [2.24, 2.45) is 5.92 Å². The van der Waals surface area contributed by atoms with Crippen LogP contribution in [0.25, 0.3) is 0 Å². The predicted molar refractivity (Wildman–Crippen MR) is 110 cm³/mol. The molecule has 0 radical (unpaired) electrons. The number of nitrogens with one attached hydrogen (secondary N) is 1. The van der Waals surface area contributed by atoms with Gasteiger partial charge in [-0.15, -0.1) is 10.2 Å². The maximum absolute atomic E-state index is 12.6. The van der Waals surface area contributed by atoms with Crippen LogP contribution >= 0.6 is 34.9 Å². The van der Waals surface area contributed by atoms with E-state index in [0.717, 1.165) is 20.9 Å². The highest BCUT2D eigenvalue weighted by Crippen LogP contribution is 2.32. The van der Waals surface area contributed by atoms with Crippen LogP contribution < -0.4 is 5.32 Å². The number of rotatable bonds is 9. The van der Waals surface area contributed by atoms with Crippen molar-refractivity contribution in [1.82, 2.24) is 10.2 Å². The molecule has 0 unspecified atom stereocenters. The van der Waals surface area contributed by atoms with Crippen molar-refractivity contribution in [2.45, 2.75) is 48.0 Å². The minimum atomic E-state index is -0.247. The fraction of sp³-hybridized carbons (Fsp3) is 0.444. The number of thioether (sulfide) groups is 2. The van der Waals surface area contributed by atoms with E-state index in [1.165, 1.54) is 23.1 Å². The SMILES string of the molecule is CCCSc1nnc(S[C@@H](C)C(=O)c2ccc(NC(=O)C(C)C)cc2)s1. The van der Waals surface area contributed by atoms with E-state index in [0.29, 0.717) is 11.3 Å². The first-order valence-corrected chi connectivity index (χ1v) is 11.2. The van der Waals surface area contributed by atoms with E-state index in [2.05, 4.69) is 22.4 Å². The zero-order valence-electron chi connectivity index (χ0n) is 15.3. The van der Waals surface area contributed by atoms with Gasteiger partial charge in [0.15, 0.2) is 14.5 Å². The van der Waals surface area contributed by atoms with E-state index >= 15 is 0 Å². The summed E-state index contributed by atoms with van der Waals surface area (Å²) >= 11 is 4.66. The van der Waals surface area contributed by atoms with E-state index in [4.69, 9.17) is 0 Å². The van der Waals surface area contributed by atoms with Crippen LogP contribution in [-0.4, -0.2) is 32.9 Å². The Morgan fingerprint density at radius 3 is 2.38 bits per heavy atom. The first-order chi connectivity index (χ1) is 12.4. The molecule has 0 spiro atoms. The van der Waals surface area contributed by atoms with Gasteiger partial charge in [0.05, 0.1) is 5.25 Å².